The number of hydrogen-bond acceptors (Lipinski definition) is 5. The highest BCUT2D eigenvalue weighted by atomic mass is 35.5. The second-order valence-electron chi connectivity index (χ2n) is 5.10. The Bertz CT molecular complexity index is 614. The highest BCUT2D eigenvalue weighted by molar-refractivity contribution is 6.30. The van der Waals surface area contributed by atoms with Crippen molar-refractivity contribution in [3.8, 4) is 0 Å². The van der Waals surface area contributed by atoms with Crippen LogP contribution in [0.4, 0.5) is 5.82 Å². The van der Waals surface area contributed by atoms with E-state index in [2.05, 4.69) is 27.3 Å². The molecule has 1 fully saturated rings. The monoisotopic (exact) mass is 295 g/mol. The predicted molar refractivity (Wildman–Crippen MR) is 77.2 cm³/mol. The van der Waals surface area contributed by atoms with Gasteiger partial charge in [0, 0.05) is 24.6 Å². The smallest absolute Gasteiger partial charge is 0.255 e. The van der Waals surface area contributed by atoms with Gasteiger partial charge in [-0.3, -0.25) is 0 Å². The number of hydrogen-bond donors (Lipinski definition) is 1. The zero-order valence-electron chi connectivity index (χ0n) is 11.6. The Kier molecular flexibility index (Phi) is 3.76. The summed E-state index contributed by atoms with van der Waals surface area (Å²) in [6, 6.07) is 0. The number of fused-ring (bicyclic) bond motifs is 1. The van der Waals surface area contributed by atoms with Crippen molar-refractivity contribution in [3.63, 3.8) is 0 Å². The summed E-state index contributed by atoms with van der Waals surface area (Å²) in [6.45, 7) is 5.78. The number of rotatable bonds is 4. The molecule has 1 aliphatic rings. The Morgan fingerprint density at radius 2 is 2.40 bits per heavy atom. The summed E-state index contributed by atoms with van der Waals surface area (Å²) in [5, 5.41) is 8.10. The third kappa shape index (κ3) is 2.33. The maximum Gasteiger partial charge on any atom is 0.255 e. The Labute approximate surface area is 122 Å². The molecule has 0 radical (unpaired) electrons. The summed E-state index contributed by atoms with van der Waals surface area (Å²) in [4.78, 5) is 8.28. The minimum atomic E-state index is 0.339. The third-order valence-corrected chi connectivity index (χ3v) is 4.25. The normalized spacial score (nSPS) is 22.6. The van der Waals surface area contributed by atoms with Crippen LogP contribution in [0.3, 0.4) is 0 Å². The van der Waals surface area contributed by atoms with Crippen molar-refractivity contribution in [1.29, 1.82) is 0 Å². The molecule has 3 heterocycles. The van der Waals surface area contributed by atoms with Gasteiger partial charge in [-0.25, -0.2) is 0 Å². The number of halogens is 1. The number of ether oxygens (including phenoxy) is 1. The van der Waals surface area contributed by atoms with Gasteiger partial charge in [-0.2, -0.15) is 19.6 Å². The fraction of sp³-hybridized carbons (Fsp3) is 0.615. The van der Waals surface area contributed by atoms with Gasteiger partial charge in [0.15, 0.2) is 0 Å². The van der Waals surface area contributed by atoms with E-state index in [1.165, 1.54) is 6.33 Å². The van der Waals surface area contributed by atoms with Gasteiger partial charge in [0.25, 0.3) is 5.78 Å². The van der Waals surface area contributed by atoms with Crippen molar-refractivity contribution in [1.82, 2.24) is 19.6 Å². The first kappa shape index (κ1) is 13.6. The summed E-state index contributed by atoms with van der Waals surface area (Å²) in [5.41, 5.74) is 0.886. The fourth-order valence-corrected chi connectivity index (χ4v) is 2.88. The van der Waals surface area contributed by atoms with Crippen LogP contribution in [-0.2, 0) is 4.74 Å². The summed E-state index contributed by atoms with van der Waals surface area (Å²) in [7, 11) is 0. The molecule has 1 aliphatic heterocycles. The van der Waals surface area contributed by atoms with Gasteiger partial charge < -0.3 is 10.1 Å². The largest absolute Gasteiger partial charge is 0.378 e. The quantitative estimate of drug-likeness (QED) is 0.877. The maximum absolute atomic E-state index is 6.14. The molecule has 3 rings (SSSR count). The number of aromatic nitrogens is 4. The molecule has 0 aromatic carbocycles. The van der Waals surface area contributed by atoms with Gasteiger partial charge in [-0.05, 0) is 19.8 Å². The Morgan fingerprint density at radius 1 is 1.55 bits per heavy atom. The number of nitrogens with zero attached hydrogens (tertiary/aromatic N) is 4. The summed E-state index contributed by atoms with van der Waals surface area (Å²) < 4.78 is 7.41. The molecule has 108 valence electrons. The van der Waals surface area contributed by atoms with Gasteiger partial charge in [-0.1, -0.05) is 18.5 Å². The van der Waals surface area contributed by atoms with E-state index in [0.29, 0.717) is 23.0 Å². The van der Waals surface area contributed by atoms with Crippen molar-refractivity contribution in [3.05, 3.63) is 17.0 Å². The van der Waals surface area contributed by atoms with E-state index in [0.717, 1.165) is 37.4 Å². The van der Waals surface area contributed by atoms with Crippen LogP contribution in [0, 0.1) is 12.8 Å². The first-order valence-electron chi connectivity index (χ1n) is 6.92. The molecule has 0 spiro atoms. The molecule has 1 saturated heterocycles. The Morgan fingerprint density at radius 3 is 3.20 bits per heavy atom. The van der Waals surface area contributed by atoms with Crippen LogP contribution in [0.15, 0.2) is 6.33 Å². The Hall–Kier alpha value is -1.40. The molecular weight excluding hydrogens is 278 g/mol. The lowest BCUT2D eigenvalue weighted by Gasteiger charge is -2.19. The van der Waals surface area contributed by atoms with E-state index in [-0.39, 0.29) is 0 Å². The van der Waals surface area contributed by atoms with E-state index in [4.69, 9.17) is 16.3 Å². The molecule has 0 saturated carbocycles. The summed E-state index contributed by atoms with van der Waals surface area (Å²) >= 11 is 6.14. The zero-order valence-corrected chi connectivity index (χ0v) is 12.4. The second-order valence-corrected chi connectivity index (χ2v) is 5.45. The van der Waals surface area contributed by atoms with E-state index < -0.39 is 0 Å². The maximum atomic E-state index is 6.14. The van der Waals surface area contributed by atoms with Gasteiger partial charge >= 0.3 is 0 Å². The van der Waals surface area contributed by atoms with Crippen molar-refractivity contribution in [2.45, 2.75) is 32.8 Å². The van der Waals surface area contributed by atoms with Crippen LogP contribution in [0.5, 0.6) is 0 Å². The predicted octanol–water partition coefficient (Wildman–Crippen LogP) is 2.31. The third-order valence-electron chi connectivity index (χ3n) is 3.88. The molecule has 2 unspecified atom stereocenters. The van der Waals surface area contributed by atoms with Crippen LogP contribution in [-0.4, -0.2) is 38.8 Å². The van der Waals surface area contributed by atoms with E-state index >= 15 is 0 Å². The van der Waals surface area contributed by atoms with Crippen molar-refractivity contribution in [2.24, 2.45) is 5.92 Å². The molecule has 7 heteroatoms. The first-order valence-corrected chi connectivity index (χ1v) is 7.29. The zero-order chi connectivity index (χ0) is 14.1. The van der Waals surface area contributed by atoms with E-state index in [9.17, 15) is 0 Å². The lowest BCUT2D eigenvalue weighted by Crippen LogP contribution is -2.24. The average molecular weight is 296 g/mol. The standard InChI is InChI=1S/C13H18ClN5O/c1-3-10-9(4-5-20-10)6-15-12-8(2)11(14)18-13-16-7-17-19(12)13/h7,9-10,15H,3-6H2,1-2H3. The van der Waals surface area contributed by atoms with Gasteiger partial charge in [0.1, 0.15) is 17.3 Å². The van der Waals surface area contributed by atoms with Crippen LogP contribution < -0.4 is 5.32 Å². The molecular formula is C13H18ClN5O. The number of anilines is 1. The topological polar surface area (TPSA) is 64.3 Å². The first-order chi connectivity index (χ1) is 9.70. The molecule has 20 heavy (non-hydrogen) atoms. The molecule has 0 bridgehead atoms. The van der Waals surface area contributed by atoms with Crippen LogP contribution in [0.2, 0.25) is 5.15 Å². The van der Waals surface area contributed by atoms with Crippen LogP contribution in [0.25, 0.3) is 5.78 Å². The van der Waals surface area contributed by atoms with Gasteiger partial charge in [0.2, 0.25) is 0 Å². The van der Waals surface area contributed by atoms with Crippen LogP contribution in [0.1, 0.15) is 25.3 Å². The van der Waals surface area contributed by atoms with E-state index in [1.807, 2.05) is 6.92 Å². The van der Waals surface area contributed by atoms with Crippen molar-refractivity contribution in [2.75, 3.05) is 18.5 Å². The minimum Gasteiger partial charge on any atom is -0.378 e. The van der Waals surface area contributed by atoms with Gasteiger partial charge in [0.05, 0.1) is 6.10 Å². The molecule has 0 amide bonds. The Balaban J connectivity index is 1.83. The van der Waals surface area contributed by atoms with Crippen molar-refractivity contribution >= 4 is 23.2 Å². The van der Waals surface area contributed by atoms with Gasteiger partial charge in [-0.15, -0.1) is 0 Å². The van der Waals surface area contributed by atoms with Crippen molar-refractivity contribution < 1.29 is 4.74 Å². The fourth-order valence-electron chi connectivity index (χ4n) is 2.71. The van der Waals surface area contributed by atoms with E-state index in [1.54, 1.807) is 4.52 Å². The molecule has 1 N–H and O–H groups in total. The molecule has 6 nitrogen and oxygen atoms in total. The van der Waals surface area contributed by atoms with Crippen LogP contribution >= 0.6 is 11.6 Å². The highest BCUT2D eigenvalue weighted by Crippen LogP contribution is 2.26. The lowest BCUT2D eigenvalue weighted by atomic mass is 10.00. The molecule has 0 aliphatic carbocycles. The molecule has 2 atom stereocenters. The molecule has 2 aromatic rings. The second kappa shape index (κ2) is 5.54. The average Bonchev–Trinajstić information content (AvgIpc) is 3.07. The summed E-state index contributed by atoms with van der Waals surface area (Å²) in [6.07, 6.45) is 3.95. The SMILES string of the molecule is CCC1OCCC1CNc1c(C)c(Cl)nc2ncnn12. The lowest BCUT2D eigenvalue weighted by molar-refractivity contribution is 0.0900. The minimum absolute atomic E-state index is 0.339. The highest BCUT2D eigenvalue weighted by Gasteiger charge is 2.27. The molecule has 2 aromatic heterocycles. The summed E-state index contributed by atoms with van der Waals surface area (Å²) in [5.74, 6) is 1.89. The number of nitrogens with one attached hydrogen (secondary N) is 1.